The van der Waals surface area contributed by atoms with E-state index < -0.39 is 0 Å². The van der Waals surface area contributed by atoms with Crippen molar-refractivity contribution in [3.63, 3.8) is 0 Å². The summed E-state index contributed by atoms with van der Waals surface area (Å²) in [5.74, 6) is 0. The number of nitrogens with zero attached hydrogens (tertiary/aromatic N) is 1. The first kappa shape index (κ1) is 15.1. The van der Waals surface area contributed by atoms with E-state index in [4.69, 9.17) is 0 Å². The fourth-order valence-electron chi connectivity index (χ4n) is 2.25. The van der Waals surface area contributed by atoms with Crippen molar-refractivity contribution < 1.29 is 0 Å². The van der Waals surface area contributed by atoms with E-state index in [-0.39, 0.29) is 6.04 Å². The van der Waals surface area contributed by atoms with Gasteiger partial charge in [-0.2, -0.15) is 0 Å². The second-order valence-corrected chi connectivity index (χ2v) is 5.71. The molecule has 1 aromatic heterocycles. The van der Waals surface area contributed by atoms with Crippen LogP contribution in [0.15, 0.2) is 47.5 Å². The highest BCUT2D eigenvalue weighted by atomic mass is 32.2. The number of hydrogen-bond acceptors (Lipinski definition) is 3. The van der Waals surface area contributed by atoms with Crippen LogP contribution in [0.3, 0.4) is 0 Å². The number of aromatic nitrogens is 1. The molecule has 2 nitrogen and oxygen atoms in total. The molecule has 0 saturated heterocycles. The first-order valence-electron chi connectivity index (χ1n) is 7.05. The van der Waals surface area contributed by atoms with Gasteiger partial charge in [-0.05, 0) is 49.4 Å². The van der Waals surface area contributed by atoms with Crippen molar-refractivity contribution in [3.8, 4) is 0 Å². The minimum Gasteiger partial charge on any atom is -0.306 e. The lowest BCUT2D eigenvalue weighted by atomic mass is 9.99. The van der Waals surface area contributed by atoms with Crippen LogP contribution in [0.5, 0.6) is 0 Å². The highest BCUT2D eigenvalue weighted by Crippen LogP contribution is 2.30. The van der Waals surface area contributed by atoms with Gasteiger partial charge in [0.05, 0.1) is 6.04 Å². The molecule has 1 heterocycles. The second-order valence-electron chi connectivity index (χ2n) is 4.86. The number of rotatable bonds is 6. The van der Waals surface area contributed by atoms with E-state index >= 15 is 0 Å². The zero-order chi connectivity index (χ0) is 14.4. The number of hydrogen-bond donors (Lipinski definition) is 1. The van der Waals surface area contributed by atoms with Crippen LogP contribution in [-0.2, 0) is 0 Å². The van der Waals surface area contributed by atoms with Gasteiger partial charge >= 0.3 is 0 Å². The predicted molar refractivity (Wildman–Crippen MR) is 87.3 cm³/mol. The van der Waals surface area contributed by atoms with Gasteiger partial charge in [0.25, 0.3) is 0 Å². The van der Waals surface area contributed by atoms with E-state index in [0.717, 1.165) is 18.7 Å². The Bertz CT molecular complexity index is 537. The van der Waals surface area contributed by atoms with E-state index in [1.165, 1.54) is 16.0 Å². The highest BCUT2D eigenvalue weighted by Gasteiger charge is 2.16. The van der Waals surface area contributed by atoms with Crippen LogP contribution in [0, 0.1) is 6.92 Å². The van der Waals surface area contributed by atoms with E-state index in [1.807, 2.05) is 13.1 Å². The Labute approximate surface area is 126 Å². The summed E-state index contributed by atoms with van der Waals surface area (Å²) in [5, 5.41) is 3.64. The van der Waals surface area contributed by atoms with Gasteiger partial charge in [-0.3, -0.25) is 4.98 Å². The molecular formula is C17H22N2S. The Balaban J connectivity index is 2.38. The summed E-state index contributed by atoms with van der Waals surface area (Å²) in [7, 11) is 0. The molecule has 20 heavy (non-hydrogen) atoms. The first-order valence-corrected chi connectivity index (χ1v) is 8.27. The molecule has 0 radical (unpaired) electrons. The van der Waals surface area contributed by atoms with Crippen LogP contribution in [0.2, 0.25) is 0 Å². The van der Waals surface area contributed by atoms with Crippen LogP contribution in [-0.4, -0.2) is 17.8 Å². The highest BCUT2D eigenvalue weighted by molar-refractivity contribution is 7.98. The summed E-state index contributed by atoms with van der Waals surface area (Å²) in [6, 6.07) is 13.1. The predicted octanol–water partition coefficient (Wildman–Crippen LogP) is 4.20. The van der Waals surface area contributed by atoms with Crippen molar-refractivity contribution in [3.05, 3.63) is 59.4 Å². The maximum atomic E-state index is 4.44. The van der Waals surface area contributed by atoms with Gasteiger partial charge in [-0.1, -0.05) is 31.2 Å². The fourth-order valence-corrected chi connectivity index (χ4v) is 2.89. The summed E-state index contributed by atoms with van der Waals surface area (Å²) in [5.41, 5.74) is 3.62. The molecule has 1 N–H and O–H groups in total. The number of nitrogens with one attached hydrogen (secondary N) is 1. The maximum Gasteiger partial charge on any atom is 0.0603 e. The Morgan fingerprint density at radius 2 is 2.00 bits per heavy atom. The van der Waals surface area contributed by atoms with Gasteiger partial charge < -0.3 is 5.32 Å². The molecule has 0 aliphatic carbocycles. The molecule has 1 atom stereocenters. The zero-order valence-corrected chi connectivity index (χ0v) is 13.2. The van der Waals surface area contributed by atoms with Crippen LogP contribution in [0.25, 0.3) is 0 Å². The molecular weight excluding hydrogens is 264 g/mol. The fraction of sp³-hybridized carbons (Fsp3) is 0.353. The molecule has 2 rings (SSSR count). The summed E-state index contributed by atoms with van der Waals surface area (Å²) < 4.78 is 0. The molecule has 0 bridgehead atoms. The largest absolute Gasteiger partial charge is 0.306 e. The Hall–Kier alpha value is -1.32. The van der Waals surface area contributed by atoms with Crippen LogP contribution in [0.4, 0.5) is 0 Å². The van der Waals surface area contributed by atoms with Crippen LogP contribution < -0.4 is 5.32 Å². The molecule has 1 aromatic carbocycles. The van der Waals surface area contributed by atoms with Gasteiger partial charge in [-0.25, -0.2) is 0 Å². The molecule has 0 fully saturated rings. The summed E-state index contributed by atoms with van der Waals surface area (Å²) in [6.07, 6.45) is 5.24. The average molecular weight is 286 g/mol. The smallest absolute Gasteiger partial charge is 0.0603 e. The molecule has 106 valence electrons. The van der Waals surface area contributed by atoms with Gasteiger partial charge in [-0.15, -0.1) is 11.8 Å². The monoisotopic (exact) mass is 286 g/mol. The van der Waals surface area contributed by atoms with Gasteiger partial charge in [0.15, 0.2) is 0 Å². The molecule has 2 aromatic rings. The van der Waals surface area contributed by atoms with Crippen molar-refractivity contribution in [1.82, 2.24) is 10.3 Å². The lowest BCUT2D eigenvalue weighted by molar-refractivity contribution is 0.590. The molecule has 0 saturated carbocycles. The molecule has 0 amide bonds. The van der Waals surface area contributed by atoms with Crippen molar-refractivity contribution in [1.29, 1.82) is 0 Å². The Morgan fingerprint density at radius 3 is 2.65 bits per heavy atom. The third-order valence-electron chi connectivity index (χ3n) is 3.32. The van der Waals surface area contributed by atoms with Crippen molar-refractivity contribution >= 4 is 11.8 Å². The molecule has 0 aliphatic rings. The van der Waals surface area contributed by atoms with Crippen molar-refractivity contribution in [2.75, 3.05) is 12.8 Å². The molecule has 1 unspecified atom stereocenters. The van der Waals surface area contributed by atoms with Gasteiger partial charge in [0.2, 0.25) is 0 Å². The SMILES string of the molecule is CCCNC(c1ccc(C)nc1)c1ccccc1SC. The van der Waals surface area contributed by atoms with E-state index in [0.29, 0.717) is 0 Å². The van der Waals surface area contributed by atoms with Gasteiger partial charge in [0.1, 0.15) is 0 Å². The van der Waals surface area contributed by atoms with E-state index in [9.17, 15) is 0 Å². The first-order chi connectivity index (χ1) is 9.76. The summed E-state index contributed by atoms with van der Waals surface area (Å²) in [6.45, 7) is 5.22. The van der Waals surface area contributed by atoms with Crippen molar-refractivity contribution in [2.45, 2.75) is 31.2 Å². The number of thioether (sulfide) groups is 1. The molecule has 0 spiro atoms. The summed E-state index contributed by atoms with van der Waals surface area (Å²) >= 11 is 1.79. The third kappa shape index (κ3) is 3.62. The maximum absolute atomic E-state index is 4.44. The number of aryl methyl sites for hydroxylation is 1. The molecule has 0 aliphatic heterocycles. The van der Waals surface area contributed by atoms with Gasteiger partial charge in [0, 0.05) is 16.8 Å². The normalized spacial score (nSPS) is 12.3. The molecule has 3 heteroatoms. The summed E-state index contributed by atoms with van der Waals surface area (Å²) in [4.78, 5) is 5.76. The minimum absolute atomic E-state index is 0.215. The van der Waals surface area contributed by atoms with Crippen LogP contribution >= 0.6 is 11.8 Å². The minimum atomic E-state index is 0.215. The lowest BCUT2D eigenvalue weighted by Crippen LogP contribution is -2.23. The zero-order valence-electron chi connectivity index (χ0n) is 12.4. The second kappa shape index (κ2) is 7.46. The Kier molecular flexibility index (Phi) is 5.62. The third-order valence-corrected chi connectivity index (χ3v) is 4.13. The van der Waals surface area contributed by atoms with E-state index in [1.54, 1.807) is 11.8 Å². The van der Waals surface area contributed by atoms with E-state index in [2.05, 4.69) is 59.9 Å². The van der Waals surface area contributed by atoms with Crippen molar-refractivity contribution in [2.24, 2.45) is 0 Å². The number of pyridine rings is 1. The average Bonchev–Trinajstić information content (AvgIpc) is 2.50. The van der Waals surface area contributed by atoms with Crippen LogP contribution in [0.1, 0.15) is 36.2 Å². The number of benzene rings is 1. The topological polar surface area (TPSA) is 24.9 Å². The lowest BCUT2D eigenvalue weighted by Gasteiger charge is -2.21. The Morgan fingerprint density at radius 1 is 1.20 bits per heavy atom. The quantitative estimate of drug-likeness (QED) is 0.806. The standard InChI is InChI=1S/C17H22N2S/c1-4-11-18-17(14-10-9-13(2)19-12-14)15-7-5-6-8-16(15)20-3/h5-10,12,17-18H,4,11H2,1-3H3.